The lowest BCUT2D eigenvalue weighted by atomic mass is 9.67. The third kappa shape index (κ3) is 3.65. The molecular weight excluding hydrogens is 252 g/mol. The van der Waals surface area contributed by atoms with Crippen molar-refractivity contribution >= 4 is 18.4 Å². The van der Waals surface area contributed by atoms with Crippen LogP contribution >= 0.6 is 0 Å². The van der Waals surface area contributed by atoms with E-state index in [4.69, 9.17) is 0 Å². The first-order valence-corrected chi connectivity index (χ1v) is 7.55. The van der Waals surface area contributed by atoms with Gasteiger partial charge in [0.1, 0.15) is 18.4 Å². The smallest absolute Gasteiger partial charge is 0.145 e. The van der Waals surface area contributed by atoms with Gasteiger partial charge in [-0.1, -0.05) is 19.9 Å². The van der Waals surface area contributed by atoms with Crippen LogP contribution in [0.2, 0.25) is 0 Å². The summed E-state index contributed by atoms with van der Waals surface area (Å²) < 4.78 is 0. The van der Waals surface area contributed by atoms with Gasteiger partial charge in [0, 0.05) is 18.3 Å². The summed E-state index contributed by atoms with van der Waals surface area (Å²) in [5, 5.41) is 0. The van der Waals surface area contributed by atoms with Gasteiger partial charge in [-0.05, 0) is 50.0 Å². The summed E-state index contributed by atoms with van der Waals surface area (Å²) in [5.74, 6) is 0.952. The molecule has 1 unspecified atom stereocenters. The predicted molar refractivity (Wildman–Crippen MR) is 79.4 cm³/mol. The van der Waals surface area contributed by atoms with Crippen molar-refractivity contribution < 1.29 is 14.4 Å². The predicted octanol–water partition coefficient (Wildman–Crippen LogP) is 3.51. The van der Waals surface area contributed by atoms with Gasteiger partial charge >= 0.3 is 0 Å². The topological polar surface area (TPSA) is 51.2 Å². The molecular formula is C17H26O3. The molecule has 0 saturated heterocycles. The second kappa shape index (κ2) is 7.51. The molecule has 0 aliphatic heterocycles. The maximum absolute atomic E-state index is 12.3. The third-order valence-corrected chi connectivity index (χ3v) is 5.08. The van der Waals surface area contributed by atoms with Crippen molar-refractivity contribution in [2.24, 2.45) is 17.3 Å². The molecule has 0 aromatic heterocycles. The quantitative estimate of drug-likeness (QED) is 0.504. The molecule has 1 saturated carbocycles. The maximum atomic E-state index is 12.3. The van der Waals surface area contributed by atoms with E-state index in [1.165, 1.54) is 0 Å². The molecule has 1 fully saturated rings. The number of Topliss-reactive ketones (excluding diaryl/α,β-unsaturated/α-hetero) is 1. The summed E-state index contributed by atoms with van der Waals surface area (Å²) in [4.78, 5) is 33.4. The molecule has 1 aliphatic rings. The first-order chi connectivity index (χ1) is 9.46. The first kappa shape index (κ1) is 16.8. The summed E-state index contributed by atoms with van der Waals surface area (Å²) in [7, 11) is 0. The molecule has 3 nitrogen and oxygen atoms in total. The SMILES string of the molecule is C/C(C=O)=C\CC[C@H]1CCC(=O)[C@]1(C)C(C)CCC=O. The van der Waals surface area contributed by atoms with Gasteiger partial charge in [-0.2, -0.15) is 0 Å². The van der Waals surface area contributed by atoms with Gasteiger partial charge in [0.2, 0.25) is 0 Å². The molecule has 0 heterocycles. The second-order valence-electron chi connectivity index (χ2n) is 6.23. The van der Waals surface area contributed by atoms with Crippen LogP contribution in [0.4, 0.5) is 0 Å². The van der Waals surface area contributed by atoms with Crippen LogP contribution in [0.3, 0.4) is 0 Å². The van der Waals surface area contributed by atoms with E-state index in [0.29, 0.717) is 24.5 Å². The summed E-state index contributed by atoms with van der Waals surface area (Å²) >= 11 is 0. The highest BCUT2D eigenvalue weighted by Gasteiger charge is 2.48. The Morgan fingerprint density at radius 1 is 1.40 bits per heavy atom. The van der Waals surface area contributed by atoms with E-state index in [-0.39, 0.29) is 11.3 Å². The van der Waals surface area contributed by atoms with Gasteiger partial charge in [0.15, 0.2) is 0 Å². The maximum Gasteiger partial charge on any atom is 0.145 e. The normalized spacial score (nSPS) is 28.4. The van der Waals surface area contributed by atoms with Gasteiger partial charge < -0.3 is 4.79 Å². The molecule has 112 valence electrons. The van der Waals surface area contributed by atoms with Crippen molar-refractivity contribution in [2.45, 2.75) is 59.3 Å². The lowest BCUT2D eigenvalue weighted by molar-refractivity contribution is -0.129. The molecule has 0 N–H and O–H groups in total. The minimum atomic E-state index is -0.300. The summed E-state index contributed by atoms with van der Waals surface area (Å²) in [6, 6.07) is 0. The lowest BCUT2D eigenvalue weighted by Gasteiger charge is -2.36. The number of hydrogen-bond donors (Lipinski definition) is 0. The molecule has 0 spiro atoms. The highest BCUT2D eigenvalue weighted by Crippen LogP contribution is 2.49. The van der Waals surface area contributed by atoms with Crippen LogP contribution in [0.15, 0.2) is 11.6 Å². The third-order valence-electron chi connectivity index (χ3n) is 5.08. The molecule has 1 rings (SSSR count). The van der Waals surface area contributed by atoms with Gasteiger partial charge in [-0.3, -0.25) is 9.59 Å². The van der Waals surface area contributed by atoms with Crippen molar-refractivity contribution in [1.29, 1.82) is 0 Å². The minimum absolute atomic E-state index is 0.240. The van der Waals surface area contributed by atoms with Crippen molar-refractivity contribution in [3.05, 3.63) is 11.6 Å². The van der Waals surface area contributed by atoms with E-state index >= 15 is 0 Å². The zero-order chi connectivity index (χ0) is 15.2. The first-order valence-electron chi connectivity index (χ1n) is 7.55. The monoisotopic (exact) mass is 278 g/mol. The Balaban J connectivity index is 2.71. The van der Waals surface area contributed by atoms with Gasteiger partial charge in [0.25, 0.3) is 0 Å². The number of carbonyl (C=O) groups is 3. The van der Waals surface area contributed by atoms with E-state index < -0.39 is 0 Å². The van der Waals surface area contributed by atoms with Crippen LogP contribution < -0.4 is 0 Å². The summed E-state index contributed by atoms with van der Waals surface area (Å²) in [5.41, 5.74) is 0.455. The number of rotatable bonds is 8. The minimum Gasteiger partial charge on any atom is -0.303 e. The number of aldehydes is 2. The Kier molecular flexibility index (Phi) is 6.31. The Labute approximate surface area is 121 Å². The number of carbonyl (C=O) groups excluding carboxylic acids is 3. The number of hydrogen-bond acceptors (Lipinski definition) is 3. The van der Waals surface area contributed by atoms with Gasteiger partial charge in [-0.25, -0.2) is 0 Å². The number of ketones is 1. The standard InChI is InChI=1S/C17H26O3/c1-13(12-19)6-4-8-15-9-10-16(20)17(15,3)14(2)7-5-11-18/h6,11-12,14-15H,4-5,7-10H2,1-3H3/b13-6+/t14?,15-,17+/m0/s1. The lowest BCUT2D eigenvalue weighted by Crippen LogP contribution is -2.36. The summed E-state index contributed by atoms with van der Waals surface area (Å²) in [6.45, 7) is 5.96. The van der Waals surface area contributed by atoms with Crippen LogP contribution in [0.1, 0.15) is 59.3 Å². The van der Waals surface area contributed by atoms with Crippen LogP contribution in [-0.2, 0) is 14.4 Å². The van der Waals surface area contributed by atoms with E-state index in [1.54, 1.807) is 6.92 Å². The van der Waals surface area contributed by atoms with Crippen molar-refractivity contribution in [2.75, 3.05) is 0 Å². The Morgan fingerprint density at radius 3 is 2.70 bits per heavy atom. The fraction of sp³-hybridized carbons (Fsp3) is 0.706. The fourth-order valence-corrected chi connectivity index (χ4v) is 3.40. The Morgan fingerprint density at radius 2 is 2.10 bits per heavy atom. The van der Waals surface area contributed by atoms with Crippen molar-refractivity contribution in [3.63, 3.8) is 0 Å². The summed E-state index contributed by atoms with van der Waals surface area (Å²) in [6.07, 6.45) is 8.45. The number of allylic oxidation sites excluding steroid dienone is 2. The zero-order valence-corrected chi connectivity index (χ0v) is 12.9. The molecule has 3 atom stereocenters. The molecule has 20 heavy (non-hydrogen) atoms. The van der Waals surface area contributed by atoms with Crippen LogP contribution in [-0.4, -0.2) is 18.4 Å². The molecule has 1 aliphatic carbocycles. The Hall–Kier alpha value is -1.25. The molecule has 0 amide bonds. The van der Waals surface area contributed by atoms with E-state index in [0.717, 1.165) is 43.8 Å². The van der Waals surface area contributed by atoms with E-state index in [9.17, 15) is 14.4 Å². The zero-order valence-electron chi connectivity index (χ0n) is 12.9. The molecule has 0 aromatic rings. The highest BCUT2D eigenvalue weighted by molar-refractivity contribution is 5.87. The molecule has 0 radical (unpaired) electrons. The van der Waals surface area contributed by atoms with Crippen LogP contribution in [0.5, 0.6) is 0 Å². The van der Waals surface area contributed by atoms with Gasteiger partial charge in [-0.15, -0.1) is 0 Å². The van der Waals surface area contributed by atoms with Crippen LogP contribution in [0, 0.1) is 17.3 Å². The average molecular weight is 278 g/mol. The molecule has 3 heteroatoms. The Bertz CT molecular complexity index is 397. The fourth-order valence-electron chi connectivity index (χ4n) is 3.40. The van der Waals surface area contributed by atoms with E-state index in [1.807, 2.05) is 6.08 Å². The van der Waals surface area contributed by atoms with E-state index in [2.05, 4.69) is 13.8 Å². The average Bonchev–Trinajstić information content (AvgIpc) is 2.73. The molecule has 0 aromatic carbocycles. The van der Waals surface area contributed by atoms with Crippen molar-refractivity contribution in [3.8, 4) is 0 Å². The highest BCUT2D eigenvalue weighted by atomic mass is 16.1. The van der Waals surface area contributed by atoms with Crippen molar-refractivity contribution in [1.82, 2.24) is 0 Å². The second-order valence-corrected chi connectivity index (χ2v) is 6.23. The van der Waals surface area contributed by atoms with Crippen LogP contribution in [0.25, 0.3) is 0 Å². The largest absolute Gasteiger partial charge is 0.303 e. The molecule has 0 bridgehead atoms. The van der Waals surface area contributed by atoms with Gasteiger partial charge in [0.05, 0.1) is 0 Å².